The lowest BCUT2D eigenvalue weighted by Gasteiger charge is -2.08. The molecule has 0 aliphatic carbocycles. The highest BCUT2D eigenvalue weighted by Crippen LogP contribution is 2.32. The van der Waals surface area contributed by atoms with Gasteiger partial charge in [0.05, 0.1) is 4.92 Å². The lowest BCUT2D eigenvalue weighted by Crippen LogP contribution is -2.19. The molecule has 2 rings (SSSR count). The summed E-state index contributed by atoms with van der Waals surface area (Å²) in [7, 11) is 1.61. The van der Waals surface area contributed by atoms with Crippen LogP contribution in [0, 0.1) is 10.1 Å². The van der Waals surface area contributed by atoms with Gasteiger partial charge in [0.25, 0.3) is 0 Å². The number of nitrogens with zero attached hydrogens (tertiary/aromatic N) is 5. The Bertz CT molecular complexity index is 724. The zero-order valence-corrected chi connectivity index (χ0v) is 12.3. The summed E-state index contributed by atoms with van der Waals surface area (Å²) in [6, 6.07) is -0.136. The number of aromatic amines is 1. The largest absolute Gasteiger partial charge is 0.357 e. The summed E-state index contributed by atoms with van der Waals surface area (Å²) in [6.07, 6.45) is 1.12. The Morgan fingerprint density at radius 2 is 2.24 bits per heavy atom. The molecule has 0 bridgehead atoms. The summed E-state index contributed by atoms with van der Waals surface area (Å²) in [5, 5.41) is 20.4. The number of hydrogen-bond acceptors (Lipinski definition) is 8. The highest BCUT2D eigenvalue weighted by molar-refractivity contribution is 7.99. The lowest BCUT2D eigenvalue weighted by atomic mass is 10.4. The fourth-order valence-electron chi connectivity index (χ4n) is 1.58. The molecule has 0 fully saturated rings. The number of aromatic nitrogens is 5. The maximum atomic E-state index is 11.7. The first-order chi connectivity index (χ1) is 9.93. The van der Waals surface area contributed by atoms with E-state index in [0.29, 0.717) is 5.16 Å². The monoisotopic (exact) mass is 311 g/mol. The van der Waals surface area contributed by atoms with Crippen LogP contribution in [0.25, 0.3) is 0 Å². The summed E-state index contributed by atoms with van der Waals surface area (Å²) in [5.74, 6) is 0.247. The van der Waals surface area contributed by atoms with Crippen molar-refractivity contribution in [3.8, 4) is 0 Å². The summed E-state index contributed by atoms with van der Waals surface area (Å²) < 4.78 is 1.40. The van der Waals surface area contributed by atoms with E-state index >= 15 is 0 Å². The Morgan fingerprint density at radius 3 is 2.81 bits per heavy atom. The number of rotatable bonds is 5. The second kappa shape index (κ2) is 5.91. The number of H-pyrrole nitrogens is 1. The van der Waals surface area contributed by atoms with E-state index in [0.717, 1.165) is 18.0 Å². The predicted molar refractivity (Wildman–Crippen MR) is 75.6 cm³/mol. The third kappa shape index (κ3) is 3.02. The van der Waals surface area contributed by atoms with Gasteiger partial charge in [-0.25, -0.2) is 14.9 Å². The zero-order chi connectivity index (χ0) is 15.6. The summed E-state index contributed by atoms with van der Waals surface area (Å²) in [5.41, 5.74) is -0.622. The van der Waals surface area contributed by atoms with Crippen LogP contribution in [0.5, 0.6) is 0 Å². The van der Waals surface area contributed by atoms with Crippen molar-refractivity contribution in [3.05, 3.63) is 26.8 Å². The molecule has 0 radical (unpaired) electrons. The van der Waals surface area contributed by atoms with Gasteiger partial charge < -0.3 is 5.32 Å². The first kappa shape index (κ1) is 15.0. The van der Waals surface area contributed by atoms with Crippen molar-refractivity contribution in [1.29, 1.82) is 0 Å². The molecule has 2 aromatic rings. The molecule has 0 aromatic carbocycles. The van der Waals surface area contributed by atoms with Crippen LogP contribution in [0.1, 0.15) is 19.9 Å². The quantitative estimate of drug-likeness (QED) is 0.475. The van der Waals surface area contributed by atoms with Crippen LogP contribution in [0.15, 0.2) is 21.2 Å². The van der Waals surface area contributed by atoms with Gasteiger partial charge in [-0.2, -0.15) is 4.98 Å². The molecule has 0 spiro atoms. The fraction of sp³-hybridized carbons (Fsp3) is 0.400. The van der Waals surface area contributed by atoms with Crippen LogP contribution in [0.2, 0.25) is 0 Å². The SMILES string of the molecule is CNc1ncc([N+](=O)[O-])c(Sc2n[nH]c(=O)n2C(C)C)n1. The van der Waals surface area contributed by atoms with Gasteiger partial charge in [-0.15, -0.1) is 5.10 Å². The van der Waals surface area contributed by atoms with Crippen molar-refractivity contribution in [1.82, 2.24) is 24.7 Å². The van der Waals surface area contributed by atoms with Crippen LogP contribution in [-0.4, -0.2) is 36.7 Å². The number of nitrogens with one attached hydrogen (secondary N) is 2. The molecule has 0 aliphatic rings. The van der Waals surface area contributed by atoms with Gasteiger partial charge >= 0.3 is 11.4 Å². The van der Waals surface area contributed by atoms with Gasteiger partial charge in [0, 0.05) is 13.1 Å². The lowest BCUT2D eigenvalue weighted by molar-refractivity contribution is -0.388. The predicted octanol–water partition coefficient (Wildman–Crippen LogP) is 1.04. The van der Waals surface area contributed by atoms with Crippen molar-refractivity contribution in [2.75, 3.05) is 12.4 Å². The molecular formula is C10H13N7O3S. The molecule has 0 unspecified atom stereocenters. The molecule has 2 aromatic heterocycles. The van der Waals surface area contributed by atoms with E-state index in [2.05, 4.69) is 25.5 Å². The third-order valence-electron chi connectivity index (χ3n) is 2.53. The van der Waals surface area contributed by atoms with E-state index in [1.807, 2.05) is 13.8 Å². The highest BCUT2D eigenvalue weighted by atomic mass is 32.2. The molecule has 0 aliphatic heterocycles. The van der Waals surface area contributed by atoms with Crippen molar-refractivity contribution >= 4 is 23.4 Å². The van der Waals surface area contributed by atoms with Crippen LogP contribution < -0.4 is 11.0 Å². The van der Waals surface area contributed by atoms with E-state index < -0.39 is 4.92 Å². The van der Waals surface area contributed by atoms with Gasteiger partial charge in [-0.1, -0.05) is 0 Å². The van der Waals surface area contributed by atoms with Crippen LogP contribution in [0.4, 0.5) is 11.6 Å². The van der Waals surface area contributed by atoms with E-state index in [1.165, 1.54) is 4.57 Å². The third-order valence-corrected chi connectivity index (χ3v) is 3.50. The summed E-state index contributed by atoms with van der Waals surface area (Å²) >= 11 is 0.936. The van der Waals surface area contributed by atoms with E-state index in [1.54, 1.807) is 7.05 Å². The Hall–Kier alpha value is -2.43. The molecule has 21 heavy (non-hydrogen) atoms. The van der Waals surface area contributed by atoms with Gasteiger partial charge in [0.1, 0.15) is 6.20 Å². The minimum absolute atomic E-state index is 0.111. The summed E-state index contributed by atoms with van der Waals surface area (Å²) in [4.78, 5) is 30.0. The Kier molecular flexibility index (Phi) is 4.21. The molecule has 112 valence electrons. The van der Waals surface area contributed by atoms with Gasteiger partial charge in [-0.05, 0) is 25.6 Å². The maximum absolute atomic E-state index is 11.7. The minimum atomic E-state index is -0.577. The van der Waals surface area contributed by atoms with Crippen LogP contribution in [0.3, 0.4) is 0 Å². The smallest absolute Gasteiger partial charge is 0.344 e. The second-order valence-electron chi connectivity index (χ2n) is 4.27. The molecule has 0 atom stereocenters. The average Bonchev–Trinajstić information content (AvgIpc) is 2.79. The van der Waals surface area contributed by atoms with E-state index in [9.17, 15) is 14.9 Å². The molecule has 0 saturated carbocycles. The van der Waals surface area contributed by atoms with Crippen LogP contribution >= 0.6 is 11.8 Å². The average molecular weight is 311 g/mol. The van der Waals surface area contributed by atoms with Crippen molar-refractivity contribution < 1.29 is 4.92 Å². The Morgan fingerprint density at radius 1 is 1.52 bits per heavy atom. The van der Waals surface area contributed by atoms with Crippen molar-refractivity contribution in [2.45, 2.75) is 30.1 Å². The molecule has 2 N–H and O–H groups in total. The van der Waals surface area contributed by atoms with E-state index in [4.69, 9.17) is 0 Å². The van der Waals surface area contributed by atoms with Gasteiger partial charge in [0.2, 0.25) is 5.95 Å². The Labute approximate surface area is 123 Å². The standard InChI is InChI=1S/C10H13N7O3S/c1-5(2)16-9(18)14-15-10(16)21-7-6(17(19)20)4-12-8(11-3)13-7/h4-5H,1-3H3,(H,14,18)(H,11,12,13). The first-order valence-corrected chi connectivity index (χ1v) is 6.79. The summed E-state index contributed by atoms with van der Waals surface area (Å²) in [6.45, 7) is 3.63. The molecule has 10 nitrogen and oxygen atoms in total. The minimum Gasteiger partial charge on any atom is -0.357 e. The Balaban J connectivity index is 2.48. The molecule has 2 heterocycles. The molecule has 0 amide bonds. The van der Waals surface area contributed by atoms with E-state index in [-0.39, 0.29) is 28.4 Å². The maximum Gasteiger partial charge on any atom is 0.344 e. The van der Waals surface area contributed by atoms with Crippen LogP contribution in [-0.2, 0) is 0 Å². The normalized spacial score (nSPS) is 10.9. The second-order valence-corrected chi connectivity index (χ2v) is 5.22. The number of nitro groups is 1. The molecule has 11 heteroatoms. The fourth-order valence-corrected chi connectivity index (χ4v) is 2.60. The highest BCUT2D eigenvalue weighted by Gasteiger charge is 2.22. The zero-order valence-electron chi connectivity index (χ0n) is 11.5. The molecule has 0 saturated heterocycles. The van der Waals surface area contributed by atoms with Gasteiger partial charge in [0.15, 0.2) is 10.2 Å². The van der Waals surface area contributed by atoms with Crippen molar-refractivity contribution in [3.63, 3.8) is 0 Å². The number of hydrogen-bond donors (Lipinski definition) is 2. The first-order valence-electron chi connectivity index (χ1n) is 5.98. The molecular weight excluding hydrogens is 298 g/mol. The number of anilines is 1. The van der Waals surface area contributed by atoms with Gasteiger partial charge in [-0.3, -0.25) is 14.7 Å². The topological polar surface area (TPSA) is 132 Å². The van der Waals surface area contributed by atoms with Crippen molar-refractivity contribution in [2.24, 2.45) is 0 Å².